The van der Waals surface area contributed by atoms with E-state index in [1.54, 1.807) is 56.7 Å². The van der Waals surface area contributed by atoms with Crippen LogP contribution < -0.4 is 28.4 Å². The zero-order chi connectivity index (χ0) is 26.3. The van der Waals surface area contributed by atoms with E-state index in [0.29, 0.717) is 45.6 Å². The summed E-state index contributed by atoms with van der Waals surface area (Å²) in [5.41, 5.74) is 1.87. The molecule has 3 aromatic rings. The van der Waals surface area contributed by atoms with Crippen molar-refractivity contribution >= 4 is 22.0 Å². The minimum absolute atomic E-state index is 0.145. The Morgan fingerprint density at radius 1 is 0.667 bits per heavy atom. The van der Waals surface area contributed by atoms with Crippen LogP contribution in [0.2, 0.25) is 0 Å². The largest absolute Gasteiger partial charge is 0.497 e. The molecule has 0 atom stereocenters. The summed E-state index contributed by atoms with van der Waals surface area (Å²) >= 11 is 0. The van der Waals surface area contributed by atoms with Crippen molar-refractivity contribution in [2.45, 2.75) is 10.6 Å². The van der Waals surface area contributed by atoms with Crippen LogP contribution in [0.25, 0.3) is 12.2 Å². The van der Waals surface area contributed by atoms with Crippen LogP contribution in [-0.4, -0.2) is 51.1 Å². The molecule has 0 fully saturated rings. The molecule has 0 aromatic heterocycles. The standard InChI is InChI=1S/C27H30O8S/c1-30-20-8-7-9-21(16-20)36(28,29)17-22-19(12-13-23(31-2)26(22)34-5)11-10-18-14-24(32-3)27(35-6)25(15-18)33-4/h7-16H,17H2,1-6H3/b11-10-. The Morgan fingerprint density at radius 3 is 1.86 bits per heavy atom. The van der Waals surface area contributed by atoms with Gasteiger partial charge in [0.15, 0.2) is 32.8 Å². The summed E-state index contributed by atoms with van der Waals surface area (Å²) in [6.07, 6.45) is 3.63. The predicted molar refractivity (Wildman–Crippen MR) is 138 cm³/mol. The molecule has 0 N–H and O–H groups in total. The molecule has 0 spiro atoms. The highest BCUT2D eigenvalue weighted by Crippen LogP contribution is 2.40. The van der Waals surface area contributed by atoms with Gasteiger partial charge in [0.1, 0.15) is 5.75 Å². The molecule has 0 aliphatic carbocycles. The van der Waals surface area contributed by atoms with Crippen LogP contribution in [0.4, 0.5) is 0 Å². The van der Waals surface area contributed by atoms with E-state index in [0.717, 1.165) is 5.56 Å². The van der Waals surface area contributed by atoms with Crippen molar-refractivity contribution in [3.05, 3.63) is 65.2 Å². The third-order valence-corrected chi connectivity index (χ3v) is 7.20. The van der Waals surface area contributed by atoms with Gasteiger partial charge in [-0.3, -0.25) is 0 Å². The van der Waals surface area contributed by atoms with Crippen LogP contribution in [0.15, 0.2) is 53.4 Å². The minimum atomic E-state index is -3.75. The van der Waals surface area contributed by atoms with Crippen molar-refractivity contribution < 1.29 is 36.8 Å². The zero-order valence-corrected chi connectivity index (χ0v) is 22.0. The van der Waals surface area contributed by atoms with E-state index in [1.807, 2.05) is 6.08 Å². The first kappa shape index (κ1) is 26.7. The van der Waals surface area contributed by atoms with E-state index in [1.165, 1.54) is 40.6 Å². The molecular weight excluding hydrogens is 484 g/mol. The van der Waals surface area contributed by atoms with Gasteiger partial charge >= 0.3 is 0 Å². The van der Waals surface area contributed by atoms with Crippen molar-refractivity contribution in [2.75, 3.05) is 42.7 Å². The fourth-order valence-corrected chi connectivity index (χ4v) is 5.19. The molecule has 36 heavy (non-hydrogen) atoms. The van der Waals surface area contributed by atoms with E-state index in [9.17, 15) is 8.42 Å². The van der Waals surface area contributed by atoms with Crippen LogP contribution in [-0.2, 0) is 15.6 Å². The summed E-state index contributed by atoms with van der Waals surface area (Å²) in [6.45, 7) is 0. The van der Waals surface area contributed by atoms with Crippen molar-refractivity contribution in [1.29, 1.82) is 0 Å². The molecule has 3 aromatic carbocycles. The topological polar surface area (TPSA) is 89.5 Å². The molecule has 8 nitrogen and oxygen atoms in total. The average Bonchev–Trinajstić information content (AvgIpc) is 2.91. The second-order valence-electron chi connectivity index (χ2n) is 7.60. The maximum atomic E-state index is 13.4. The normalized spacial score (nSPS) is 11.3. The lowest BCUT2D eigenvalue weighted by Gasteiger charge is -2.16. The second-order valence-corrected chi connectivity index (χ2v) is 9.59. The Labute approximate surface area is 211 Å². The molecule has 0 aliphatic heterocycles. The fourth-order valence-electron chi connectivity index (χ4n) is 3.76. The molecule has 9 heteroatoms. The third kappa shape index (κ3) is 5.68. The van der Waals surface area contributed by atoms with Crippen LogP contribution in [0.5, 0.6) is 34.5 Å². The van der Waals surface area contributed by atoms with Gasteiger partial charge in [-0.05, 0) is 47.5 Å². The van der Waals surface area contributed by atoms with Crippen LogP contribution in [0.1, 0.15) is 16.7 Å². The maximum absolute atomic E-state index is 13.4. The first-order valence-corrected chi connectivity index (χ1v) is 12.6. The molecular formula is C27H30O8S. The third-order valence-electron chi connectivity index (χ3n) is 5.56. The Morgan fingerprint density at radius 2 is 1.31 bits per heavy atom. The SMILES string of the molecule is COc1cccc(S(=O)(=O)Cc2c(/C=C\c3cc(OC)c(OC)c(OC)c3)ccc(OC)c2OC)c1. The van der Waals surface area contributed by atoms with Gasteiger partial charge in [0.2, 0.25) is 5.75 Å². The predicted octanol–water partition coefficient (Wildman–Crippen LogP) is 4.88. The van der Waals surface area contributed by atoms with E-state index < -0.39 is 9.84 Å². The molecule has 0 bridgehead atoms. The van der Waals surface area contributed by atoms with Gasteiger partial charge in [0.05, 0.1) is 53.3 Å². The molecule has 0 amide bonds. The maximum Gasteiger partial charge on any atom is 0.203 e. The van der Waals surface area contributed by atoms with Gasteiger partial charge in [-0.1, -0.05) is 24.3 Å². The molecule has 0 unspecified atom stereocenters. The van der Waals surface area contributed by atoms with E-state index >= 15 is 0 Å². The van der Waals surface area contributed by atoms with Crippen LogP contribution >= 0.6 is 0 Å². The monoisotopic (exact) mass is 514 g/mol. The number of hydrogen-bond donors (Lipinski definition) is 0. The highest BCUT2D eigenvalue weighted by molar-refractivity contribution is 7.90. The van der Waals surface area contributed by atoms with E-state index in [2.05, 4.69) is 0 Å². The molecule has 0 heterocycles. The second kappa shape index (κ2) is 11.7. The first-order valence-electron chi connectivity index (χ1n) is 10.9. The summed E-state index contributed by atoms with van der Waals surface area (Å²) in [4.78, 5) is 0.145. The number of ether oxygens (including phenoxy) is 6. The van der Waals surface area contributed by atoms with Crippen molar-refractivity contribution in [2.24, 2.45) is 0 Å². The number of benzene rings is 3. The molecule has 0 aliphatic rings. The van der Waals surface area contributed by atoms with Crippen molar-refractivity contribution in [1.82, 2.24) is 0 Å². The zero-order valence-electron chi connectivity index (χ0n) is 21.2. The lowest BCUT2D eigenvalue weighted by atomic mass is 10.0. The number of methoxy groups -OCH3 is 6. The summed E-state index contributed by atoms with van der Waals surface area (Å²) in [7, 11) is 5.35. The summed E-state index contributed by atoms with van der Waals surface area (Å²) in [5.74, 6) is 2.41. The highest BCUT2D eigenvalue weighted by Gasteiger charge is 2.23. The molecule has 0 radical (unpaired) electrons. The van der Waals surface area contributed by atoms with Gasteiger partial charge in [0, 0.05) is 5.56 Å². The van der Waals surface area contributed by atoms with Gasteiger partial charge in [-0.25, -0.2) is 8.42 Å². The lowest BCUT2D eigenvalue weighted by Crippen LogP contribution is -2.08. The summed E-state index contributed by atoms with van der Waals surface area (Å²) < 4.78 is 59.2. The Balaban J connectivity index is 2.10. The van der Waals surface area contributed by atoms with Crippen LogP contribution in [0.3, 0.4) is 0 Å². The smallest absolute Gasteiger partial charge is 0.203 e. The van der Waals surface area contributed by atoms with Crippen molar-refractivity contribution in [3.8, 4) is 34.5 Å². The van der Waals surface area contributed by atoms with Gasteiger partial charge < -0.3 is 28.4 Å². The molecule has 0 saturated heterocycles. The first-order chi connectivity index (χ1) is 17.3. The Kier molecular flexibility index (Phi) is 8.71. The van der Waals surface area contributed by atoms with Gasteiger partial charge in [0.25, 0.3) is 0 Å². The fraction of sp³-hybridized carbons (Fsp3) is 0.259. The summed E-state index contributed by atoms with van der Waals surface area (Å²) in [5, 5.41) is 0. The number of hydrogen-bond acceptors (Lipinski definition) is 8. The molecule has 0 saturated carbocycles. The summed E-state index contributed by atoms with van der Waals surface area (Å²) in [6, 6.07) is 13.5. The van der Waals surface area contributed by atoms with Crippen LogP contribution in [0, 0.1) is 0 Å². The Bertz CT molecular complexity index is 1320. The Hall–Kier alpha value is -3.85. The number of sulfone groups is 1. The van der Waals surface area contributed by atoms with Crippen molar-refractivity contribution in [3.63, 3.8) is 0 Å². The average molecular weight is 515 g/mol. The van der Waals surface area contributed by atoms with Gasteiger partial charge in [-0.2, -0.15) is 0 Å². The molecule has 192 valence electrons. The minimum Gasteiger partial charge on any atom is -0.497 e. The lowest BCUT2D eigenvalue weighted by molar-refractivity contribution is 0.324. The molecule has 3 rings (SSSR count). The highest BCUT2D eigenvalue weighted by atomic mass is 32.2. The van der Waals surface area contributed by atoms with E-state index in [-0.39, 0.29) is 10.6 Å². The van der Waals surface area contributed by atoms with Gasteiger partial charge in [-0.15, -0.1) is 0 Å². The quantitative estimate of drug-likeness (QED) is 0.335. The number of rotatable bonds is 11. The van der Waals surface area contributed by atoms with E-state index in [4.69, 9.17) is 28.4 Å².